The summed E-state index contributed by atoms with van der Waals surface area (Å²) in [5, 5.41) is 5.12. The molecule has 3 heteroatoms. The fourth-order valence-corrected chi connectivity index (χ4v) is 5.54. The van der Waals surface area contributed by atoms with Crippen LogP contribution in [0.3, 0.4) is 0 Å². The van der Waals surface area contributed by atoms with Crippen molar-refractivity contribution in [2.75, 3.05) is 7.05 Å². The summed E-state index contributed by atoms with van der Waals surface area (Å²) < 4.78 is 6.45. The van der Waals surface area contributed by atoms with Gasteiger partial charge in [-0.05, 0) is 79.3 Å². The van der Waals surface area contributed by atoms with Gasteiger partial charge in [0, 0.05) is 30.1 Å². The van der Waals surface area contributed by atoms with Crippen LogP contribution in [0.5, 0.6) is 0 Å². The Labute approximate surface area is 190 Å². The van der Waals surface area contributed by atoms with Crippen molar-refractivity contribution in [2.45, 2.75) is 51.4 Å². The van der Waals surface area contributed by atoms with Crippen LogP contribution in [-0.4, -0.2) is 11.9 Å². The largest absolute Gasteiger partial charge is 0.459 e. The third kappa shape index (κ3) is 3.46. The van der Waals surface area contributed by atoms with Gasteiger partial charge < -0.3 is 9.73 Å². The molecular formula is C29H30N2O. The molecule has 0 radical (unpaired) electrons. The summed E-state index contributed by atoms with van der Waals surface area (Å²) in [5.41, 5.74) is 9.23. The summed E-state index contributed by atoms with van der Waals surface area (Å²) >= 11 is 0. The lowest BCUT2D eigenvalue weighted by Crippen LogP contribution is -2.27. The maximum absolute atomic E-state index is 6.45. The second-order valence-corrected chi connectivity index (χ2v) is 9.56. The number of furan rings is 1. The van der Waals surface area contributed by atoms with Gasteiger partial charge >= 0.3 is 0 Å². The zero-order valence-electron chi connectivity index (χ0n) is 18.9. The number of nitrogens with one attached hydrogen (secondary N) is 1. The van der Waals surface area contributed by atoms with Gasteiger partial charge in [0.15, 0.2) is 0 Å². The molecule has 162 valence electrons. The Morgan fingerprint density at radius 3 is 2.59 bits per heavy atom. The molecule has 1 aromatic heterocycles. The van der Waals surface area contributed by atoms with Crippen molar-refractivity contribution in [3.05, 3.63) is 94.7 Å². The Balaban J connectivity index is 1.33. The van der Waals surface area contributed by atoms with Gasteiger partial charge in [0.1, 0.15) is 11.3 Å². The molecular weight excluding hydrogens is 392 g/mol. The zero-order chi connectivity index (χ0) is 21.7. The fourth-order valence-electron chi connectivity index (χ4n) is 5.54. The normalized spacial score (nSPS) is 19.1. The van der Waals surface area contributed by atoms with E-state index in [1.54, 1.807) is 0 Å². The lowest BCUT2D eigenvalue weighted by atomic mass is 9.90. The Kier molecular flexibility index (Phi) is 4.89. The highest BCUT2D eigenvalue weighted by atomic mass is 16.3. The third-order valence-corrected chi connectivity index (χ3v) is 7.23. The van der Waals surface area contributed by atoms with Gasteiger partial charge in [0.25, 0.3) is 0 Å². The maximum Gasteiger partial charge on any atom is 0.134 e. The molecule has 1 unspecified atom stereocenters. The molecule has 6 rings (SSSR count). The number of aryl methyl sites for hydroxylation is 1. The topological polar surface area (TPSA) is 28.4 Å². The molecule has 1 aliphatic carbocycles. The molecule has 0 amide bonds. The van der Waals surface area contributed by atoms with Crippen LogP contribution in [-0.2, 0) is 19.5 Å². The van der Waals surface area contributed by atoms with Crippen molar-refractivity contribution in [1.29, 1.82) is 0 Å². The van der Waals surface area contributed by atoms with Gasteiger partial charge in [-0.1, -0.05) is 48.5 Å². The summed E-state index contributed by atoms with van der Waals surface area (Å²) in [6, 6.07) is 24.9. The van der Waals surface area contributed by atoms with Crippen molar-refractivity contribution < 1.29 is 4.42 Å². The fraction of sp³-hybridized carbons (Fsp3) is 0.310. The van der Waals surface area contributed by atoms with E-state index in [1.807, 2.05) is 0 Å². The molecule has 2 heterocycles. The highest BCUT2D eigenvalue weighted by Gasteiger charge is 2.28. The molecule has 32 heavy (non-hydrogen) atoms. The number of benzene rings is 3. The van der Waals surface area contributed by atoms with Crippen LogP contribution in [0.25, 0.3) is 22.1 Å². The van der Waals surface area contributed by atoms with Crippen LogP contribution in [0.4, 0.5) is 0 Å². The van der Waals surface area contributed by atoms with E-state index in [0.717, 1.165) is 37.3 Å². The van der Waals surface area contributed by atoms with E-state index in [0.29, 0.717) is 6.04 Å². The predicted molar refractivity (Wildman–Crippen MR) is 130 cm³/mol. The van der Waals surface area contributed by atoms with E-state index in [4.69, 9.17) is 4.42 Å². The van der Waals surface area contributed by atoms with Gasteiger partial charge in [0.05, 0.1) is 6.04 Å². The van der Waals surface area contributed by atoms with Crippen molar-refractivity contribution >= 4 is 11.0 Å². The second kappa shape index (κ2) is 7.91. The first kappa shape index (κ1) is 19.8. The first-order valence-corrected chi connectivity index (χ1v) is 11.8. The molecule has 1 aliphatic heterocycles. The highest BCUT2D eigenvalue weighted by molar-refractivity contribution is 5.87. The van der Waals surface area contributed by atoms with Gasteiger partial charge in [-0.15, -0.1) is 0 Å². The number of nitrogens with zero attached hydrogens (tertiary/aromatic N) is 1. The molecule has 3 aromatic carbocycles. The smallest absolute Gasteiger partial charge is 0.134 e. The third-order valence-electron chi connectivity index (χ3n) is 7.23. The van der Waals surface area contributed by atoms with Crippen molar-refractivity contribution in [2.24, 2.45) is 0 Å². The molecule has 2 atom stereocenters. The summed E-state index contributed by atoms with van der Waals surface area (Å²) in [6.45, 7) is 4.34. The first-order chi connectivity index (χ1) is 15.7. The molecule has 0 fully saturated rings. The van der Waals surface area contributed by atoms with Crippen LogP contribution in [0.2, 0.25) is 0 Å². The predicted octanol–water partition coefficient (Wildman–Crippen LogP) is 6.77. The zero-order valence-corrected chi connectivity index (χ0v) is 18.9. The number of hydrogen-bond acceptors (Lipinski definition) is 3. The number of hydrogen-bond donors (Lipinski definition) is 1. The monoisotopic (exact) mass is 422 g/mol. The van der Waals surface area contributed by atoms with E-state index in [2.05, 4.69) is 90.9 Å². The SMILES string of the molecule is C[C@@H](NC1CCCc2c1oc1ccc(-c3ccc4c(c3)CN(C)C4)cc21)c1ccccc1. The average Bonchev–Trinajstić information content (AvgIpc) is 3.38. The number of rotatable bonds is 4. The van der Waals surface area contributed by atoms with E-state index in [9.17, 15) is 0 Å². The van der Waals surface area contributed by atoms with Crippen molar-refractivity contribution in [1.82, 2.24) is 10.2 Å². The Hall–Kier alpha value is -2.88. The molecule has 3 nitrogen and oxygen atoms in total. The van der Waals surface area contributed by atoms with Crippen LogP contribution in [0.1, 0.15) is 59.9 Å². The summed E-state index contributed by atoms with van der Waals surface area (Å²) in [7, 11) is 2.19. The molecule has 1 N–H and O–H groups in total. The van der Waals surface area contributed by atoms with E-state index >= 15 is 0 Å². The first-order valence-electron chi connectivity index (χ1n) is 11.8. The lowest BCUT2D eigenvalue weighted by Gasteiger charge is -2.26. The van der Waals surface area contributed by atoms with E-state index < -0.39 is 0 Å². The van der Waals surface area contributed by atoms with Crippen LogP contribution >= 0.6 is 0 Å². The van der Waals surface area contributed by atoms with Gasteiger partial charge in [-0.2, -0.15) is 0 Å². The second-order valence-electron chi connectivity index (χ2n) is 9.56. The molecule has 2 aliphatic rings. The standard InChI is InChI=1S/C29H30N2O/c1-19(20-7-4-3-5-8-20)30-27-10-6-9-25-26-16-22(13-14-28(26)32-29(25)27)21-11-12-23-17-31(2)18-24(23)15-21/h3-5,7-8,11-16,19,27,30H,6,9-10,17-18H2,1-2H3/t19-,27?/m1/s1. The Morgan fingerprint density at radius 1 is 0.938 bits per heavy atom. The maximum atomic E-state index is 6.45. The quantitative estimate of drug-likeness (QED) is 0.393. The van der Waals surface area contributed by atoms with Crippen LogP contribution in [0.15, 0.2) is 71.1 Å². The Morgan fingerprint density at radius 2 is 1.72 bits per heavy atom. The minimum Gasteiger partial charge on any atom is -0.459 e. The summed E-state index contributed by atoms with van der Waals surface area (Å²) in [6.07, 6.45) is 3.41. The summed E-state index contributed by atoms with van der Waals surface area (Å²) in [4.78, 5) is 2.37. The minimum absolute atomic E-state index is 0.264. The lowest BCUT2D eigenvalue weighted by molar-refractivity contribution is 0.353. The molecule has 0 saturated heterocycles. The average molecular weight is 423 g/mol. The van der Waals surface area contributed by atoms with Gasteiger partial charge in [-0.25, -0.2) is 0 Å². The van der Waals surface area contributed by atoms with Crippen LogP contribution in [0, 0.1) is 0 Å². The van der Waals surface area contributed by atoms with Crippen molar-refractivity contribution in [3.8, 4) is 11.1 Å². The van der Waals surface area contributed by atoms with Crippen molar-refractivity contribution in [3.63, 3.8) is 0 Å². The van der Waals surface area contributed by atoms with Crippen LogP contribution < -0.4 is 5.32 Å². The molecule has 0 bridgehead atoms. The minimum atomic E-state index is 0.264. The highest BCUT2D eigenvalue weighted by Crippen LogP contribution is 2.40. The Bertz CT molecular complexity index is 1270. The van der Waals surface area contributed by atoms with Gasteiger partial charge in [-0.3, -0.25) is 4.90 Å². The molecule has 4 aromatic rings. The molecule has 0 saturated carbocycles. The number of fused-ring (bicyclic) bond motifs is 4. The van der Waals surface area contributed by atoms with E-state index in [1.165, 1.54) is 45.2 Å². The molecule has 0 spiro atoms. The van der Waals surface area contributed by atoms with E-state index in [-0.39, 0.29) is 6.04 Å². The van der Waals surface area contributed by atoms with Gasteiger partial charge in [0.2, 0.25) is 0 Å². The summed E-state index contributed by atoms with van der Waals surface area (Å²) in [5.74, 6) is 1.14.